The fraction of sp³-hybridized carbons (Fsp3) is 0.312. The number of amides is 2. The van der Waals surface area contributed by atoms with E-state index in [0.29, 0.717) is 28.7 Å². The number of fused-ring (bicyclic) bond motifs is 3. The van der Waals surface area contributed by atoms with Gasteiger partial charge in [0.15, 0.2) is 23.1 Å². The minimum absolute atomic E-state index is 0.162. The van der Waals surface area contributed by atoms with E-state index in [9.17, 15) is 24.3 Å². The van der Waals surface area contributed by atoms with Crippen LogP contribution in [-0.2, 0) is 25.7 Å². The third-order valence-corrected chi connectivity index (χ3v) is 8.67. The number of carbonyl (C=O) groups excluding carboxylic acids is 4. The van der Waals surface area contributed by atoms with Crippen molar-refractivity contribution in [2.24, 2.45) is 17.8 Å². The van der Waals surface area contributed by atoms with Crippen LogP contribution in [0.15, 0.2) is 76.9 Å². The number of aromatic hydroxyl groups is 1. The summed E-state index contributed by atoms with van der Waals surface area (Å²) >= 11 is 0. The molecular weight excluding hydrogens is 510 g/mol. The molecule has 6 rings (SSSR count). The Morgan fingerprint density at radius 1 is 0.950 bits per heavy atom. The number of benzene rings is 2. The van der Waals surface area contributed by atoms with Crippen molar-refractivity contribution in [1.82, 2.24) is 4.90 Å². The van der Waals surface area contributed by atoms with Crippen molar-refractivity contribution >= 4 is 23.4 Å². The molecule has 1 aliphatic heterocycles. The zero-order valence-corrected chi connectivity index (χ0v) is 22.5. The zero-order chi connectivity index (χ0) is 28.3. The van der Waals surface area contributed by atoms with E-state index in [-0.39, 0.29) is 53.6 Å². The first-order valence-electron chi connectivity index (χ1n) is 13.3. The molecule has 2 aromatic rings. The summed E-state index contributed by atoms with van der Waals surface area (Å²) in [5, 5.41) is 10.5. The summed E-state index contributed by atoms with van der Waals surface area (Å²) in [6.07, 6.45) is 3.89. The van der Waals surface area contributed by atoms with E-state index < -0.39 is 23.7 Å². The Balaban J connectivity index is 1.48. The Labute approximate surface area is 231 Å². The highest BCUT2D eigenvalue weighted by atomic mass is 16.5. The molecule has 0 radical (unpaired) electrons. The van der Waals surface area contributed by atoms with Gasteiger partial charge in [-0.2, -0.15) is 0 Å². The number of ether oxygens (including phenoxy) is 2. The molecule has 3 aliphatic carbocycles. The molecule has 1 heterocycles. The van der Waals surface area contributed by atoms with Gasteiger partial charge in [-0.25, -0.2) is 0 Å². The van der Waals surface area contributed by atoms with Crippen LogP contribution in [-0.4, -0.2) is 47.6 Å². The minimum atomic E-state index is -0.662. The van der Waals surface area contributed by atoms with E-state index in [1.807, 2.05) is 36.4 Å². The van der Waals surface area contributed by atoms with Gasteiger partial charge in [0.05, 0.1) is 32.6 Å². The van der Waals surface area contributed by atoms with E-state index in [2.05, 4.69) is 0 Å². The topological polar surface area (TPSA) is 110 Å². The average Bonchev–Trinajstić information content (AvgIpc) is 3.20. The average molecular weight is 540 g/mol. The number of carbonyl (C=O) groups is 4. The lowest BCUT2D eigenvalue weighted by Crippen LogP contribution is -2.39. The number of likely N-dealkylation sites (tertiary alicyclic amines) is 1. The van der Waals surface area contributed by atoms with Crippen molar-refractivity contribution in [1.29, 1.82) is 0 Å². The van der Waals surface area contributed by atoms with Crippen molar-refractivity contribution in [3.63, 3.8) is 0 Å². The molecule has 2 aromatic carbocycles. The van der Waals surface area contributed by atoms with Crippen molar-refractivity contribution in [2.75, 3.05) is 14.2 Å². The Morgan fingerprint density at radius 3 is 2.27 bits per heavy atom. The number of ketones is 2. The second kappa shape index (κ2) is 9.62. The van der Waals surface area contributed by atoms with Gasteiger partial charge in [0, 0.05) is 22.6 Å². The normalized spacial score (nSPS) is 25.7. The molecule has 1 N–H and O–H groups in total. The van der Waals surface area contributed by atoms with Gasteiger partial charge in [-0.3, -0.25) is 24.1 Å². The molecule has 1 fully saturated rings. The van der Waals surface area contributed by atoms with Crippen molar-refractivity contribution in [3.8, 4) is 17.2 Å². The Hall–Kier alpha value is -4.46. The van der Waals surface area contributed by atoms with Crippen molar-refractivity contribution in [2.45, 2.75) is 32.2 Å². The lowest BCUT2D eigenvalue weighted by molar-refractivity contribution is -0.140. The first-order valence-corrected chi connectivity index (χ1v) is 13.3. The number of imide groups is 1. The molecule has 4 unspecified atom stereocenters. The summed E-state index contributed by atoms with van der Waals surface area (Å²) < 4.78 is 10.8. The van der Waals surface area contributed by atoms with Crippen LogP contribution in [0.2, 0.25) is 0 Å². The summed E-state index contributed by atoms with van der Waals surface area (Å²) in [6.45, 7) is 1.81. The fourth-order valence-corrected chi connectivity index (χ4v) is 6.83. The van der Waals surface area contributed by atoms with Crippen LogP contribution < -0.4 is 9.47 Å². The standard InChI is InChI=1S/C32H29NO7/c1-16-11-23(34)28-22(29(16)35)14-21-19(26(28)18-12-24(39-2)30(36)25(13-18)40-3)9-10-20-27(21)32(38)33(31(20)37)15-17-7-5-4-6-8-17/h4-9,11-13,20-21,26-27,36H,10,14-15H2,1-3H3. The maximum Gasteiger partial charge on any atom is 0.234 e. The van der Waals surface area contributed by atoms with Gasteiger partial charge < -0.3 is 14.6 Å². The number of phenols is 1. The number of hydrogen-bond donors (Lipinski definition) is 1. The molecule has 1 saturated heterocycles. The molecule has 4 aliphatic rings. The number of methoxy groups -OCH3 is 2. The molecule has 0 saturated carbocycles. The lowest BCUT2D eigenvalue weighted by Gasteiger charge is -2.42. The van der Waals surface area contributed by atoms with Crippen LogP contribution >= 0.6 is 0 Å². The molecule has 0 aromatic heterocycles. The van der Waals surface area contributed by atoms with Crippen LogP contribution in [0.25, 0.3) is 0 Å². The van der Waals surface area contributed by atoms with Crippen LogP contribution in [0.4, 0.5) is 0 Å². The molecule has 2 amide bonds. The minimum Gasteiger partial charge on any atom is -0.502 e. The summed E-state index contributed by atoms with van der Waals surface area (Å²) in [5.41, 5.74) is 3.38. The maximum absolute atomic E-state index is 13.9. The van der Waals surface area contributed by atoms with E-state index >= 15 is 0 Å². The molecule has 0 bridgehead atoms. The quantitative estimate of drug-likeness (QED) is 0.347. The molecule has 0 spiro atoms. The van der Waals surface area contributed by atoms with E-state index in [4.69, 9.17) is 9.47 Å². The van der Waals surface area contributed by atoms with Crippen LogP contribution in [0, 0.1) is 17.8 Å². The largest absolute Gasteiger partial charge is 0.502 e. The Morgan fingerprint density at radius 2 is 1.62 bits per heavy atom. The molecule has 8 heteroatoms. The monoisotopic (exact) mass is 539 g/mol. The van der Waals surface area contributed by atoms with E-state index in [1.165, 1.54) is 25.2 Å². The number of Topliss-reactive ketones (excluding diaryl/α,β-unsaturated/α-hetero) is 1. The summed E-state index contributed by atoms with van der Waals surface area (Å²) in [7, 11) is 2.84. The molecule has 40 heavy (non-hydrogen) atoms. The van der Waals surface area contributed by atoms with Gasteiger partial charge >= 0.3 is 0 Å². The Kier molecular flexibility index (Phi) is 6.21. The Bertz CT molecular complexity index is 1540. The summed E-state index contributed by atoms with van der Waals surface area (Å²) in [4.78, 5) is 55.7. The van der Waals surface area contributed by atoms with Gasteiger partial charge in [0.25, 0.3) is 0 Å². The highest BCUT2D eigenvalue weighted by Crippen LogP contribution is 2.56. The molecule has 4 atom stereocenters. The van der Waals surface area contributed by atoms with E-state index in [0.717, 1.165) is 11.1 Å². The predicted molar refractivity (Wildman–Crippen MR) is 145 cm³/mol. The first kappa shape index (κ1) is 25.8. The molecule has 8 nitrogen and oxygen atoms in total. The highest BCUT2D eigenvalue weighted by molar-refractivity contribution is 6.23. The third kappa shape index (κ3) is 3.81. The predicted octanol–water partition coefficient (Wildman–Crippen LogP) is 4.04. The lowest BCUT2D eigenvalue weighted by atomic mass is 9.59. The second-order valence-electron chi connectivity index (χ2n) is 10.8. The SMILES string of the molecule is COc1cc(C2C3=CCC4C(=O)N(Cc5ccccc5)C(=O)C4C3CC3=C2C(=O)C=C(C)C3=O)cc(OC)c1O. The van der Waals surface area contributed by atoms with Gasteiger partial charge in [-0.15, -0.1) is 0 Å². The van der Waals surface area contributed by atoms with Crippen LogP contribution in [0.3, 0.4) is 0 Å². The smallest absolute Gasteiger partial charge is 0.234 e. The summed E-state index contributed by atoms with van der Waals surface area (Å²) in [5.74, 6) is -3.06. The van der Waals surface area contributed by atoms with Gasteiger partial charge in [0.2, 0.25) is 17.6 Å². The number of hydrogen-bond acceptors (Lipinski definition) is 7. The zero-order valence-electron chi connectivity index (χ0n) is 22.5. The van der Waals surface area contributed by atoms with Crippen LogP contribution in [0.1, 0.15) is 36.8 Å². The number of phenolic OH excluding ortho intramolecular Hbond substituents is 1. The van der Waals surface area contributed by atoms with Crippen molar-refractivity contribution < 1.29 is 33.8 Å². The van der Waals surface area contributed by atoms with Crippen molar-refractivity contribution in [3.05, 3.63) is 88.0 Å². The van der Waals surface area contributed by atoms with Gasteiger partial charge in [0.1, 0.15) is 0 Å². The third-order valence-electron chi connectivity index (χ3n) is 8.67. The molecular formula is C32H29NO7. The maximum atomic E-state index is 13.9. The van der Waals surface area contributed by atoms with Gasteiger partial charge in [-0.05, 0) is 55.0 Å². The first-order chi connectivity index (χ1) is 19.2. The highest BCUT2D eigenvalue weighted by Gasteiger charge is 2.56. The fourth-order valence-electron chi connectivity index (χ4n) is 6.83. The molecule has 204 valence electrons. The number of allylic oxidation sites excluding steroid dienone is 6. The number of rotatable bonds is 5. The second-order valence-corrected chi connectivity index (χ2v) is 10.8. The van der Waals surface area contributed by atoms with Gasteiger partial charge in [-0.1, -0.05) is 42.0 Å². The summed E-state index contributed by atoms with van der Waals surface area (Å²) in [6, 6.07) is 12.7. The van der Waals surface area contributed by atoms with E-state index in [1.54, 1.807) is 19.1 Å². The number of nitrogens with zero attached hydrogens (tertiary/aromatic N) is 1. The van der Waals surface area contributed by atoms with Crippen LogP contribution in [0.5, 0.6) is 17.2 Å².